The van der Waals surface area contributed by atoms with Gasteiger partial charge in [0, 0.05) is 0 Å². The first-order valence-electron chi connectivity index (χ1n) is 9.80. The van der Waals surface area contributed by atoms with E-state index in [-0.39, 0.29) is 46.5 Å². The van der Waals surface area contributed by atoms with Crippen molar-refractivity contribution in [3.63, 3.8) is 0 Å². The summed E-state index contributed by atoms with van der Waals surface area (Å²) in [6.45, 7) is 4.34. The second-order valence-corrected chi connectivity index (χ2v) is 7.54. The van der Waals surface area contributed by atoms with E-state index in [9.17, 15) is 0 Å². The molecule has 0 bridgehead atoms. The van der Waals surface area contributed by atoms with Crippen molar-refractivity contribution < 1.29 is 46.5 Å². The van der Waals surface area contributed by atoms with Crippen molar-refractivity contribution in [2.45, 2.75) is 13.8 Å². The van der Waals surface area contributed by atoms with Gasteiger partial charge in [0.1, 0.15) is 0 Å². The Bertz CT molecular complexity index is 1330. The van der Waals surface area contributed by atoms with Crippen molar-refractivity contribution in [2.75, 3.05) is 0 Å². The number of hydrogen-bond acceptors (Lipinski definition) is 0. The van der Waals surface area contributed by atoms with E-state index < -0.39 is 0 Å². The second-order valence-electron chi connectivity index (χ2n) is 7.54. The van der Waals surface area contributed by atoms with Crippen LogP contribution in [0.15, 0.2) is 97.1 Å². The van der Waals surface area contributed by atoms with Crippen LogP contribution in [0.25, 0.3) is 43.1 Å². The van der Waals surface area contributed by atoms with E-state index >= 15 is 0 Å². The Kier molecular flexibility index (Phi) is 8.52. The molecule has 0 aliphatic rings. The monoisotopic (exact) mass is 476 g/mol. The third-order valence-corrected chi connectivity index (χ3v) is 5.75. The summed E-state index contributed by atoms with van der Waals surface area (Å²) in [5.74, 6) is 0. The first kappa shape index (κ1) is 25.2. The summed E-state index contributed by atoms with van der Waals surface area (Å²) in [6.07, 6.45) is 0. The molecule has 0 saturated heterocycles. The zero-order valence-corrected chi connectivity index (χ0v) is 20.6. The first-order chi connectivity index (χ1) is 13.7. The molecule has 0 heterocycles. The van der Waals surface area contributed by atoms with Crippen molar-refractivity contribution in [2.24, 2.45) is 0 Å². The van der Waals surface area contributed by atoms with Gasteiger partial charge in [0.15, 0.2) is 0 Å². The van der Waals surface area contributed by atoms with Crippen LogP contribution in [0.4, 0.5) is 0 Å². The van der Waals surface area contributed by atoms with Crippen LogP contribution in [0.5, 0.6) is 0 Å². The van der Waals surface area contributed by atoms with Crippen LogP contribution in [0, 0.1) is 13.8 Å². The zero-order valence-electron chi connectivity index (χ0n) is 17.5. The van der Waals surface area contributed by atoms with Gasteiger partial charge in [-0.15, -0.1) is 78.5 Å². The van der Waals surface area contributed by atoms with Crippen molar-refractivity contribution >= 4 is 43.1 Å². The molecule has 0 atom stereocenters. The molecule has 0 amide bonds. The van der Waals surface area contributed by atoms with Crippen molar-refractivity contribution in [3.8, 4) is 0 Å². The molecule has 0 fully saturated rings. The molecule has 0 N–H and O–H groups in total. The Morgan fingerprint density at radius 3 is 1.23 bits per heavy atom. The minimum absolute atomic E-state index is 0. The Morgan fingerprint density at radius 2 is 0.806 bits per heavy atom. The maximum Gasteiger partial charge on any atom is 4.00 e. The maximum atomic E-state index is 2.28. The number of halogens is 2. The maximum absolute atomic E-state index is 2.28. The number of fused-ring (bicyclic) bond motifs is 6. The molecule has 0 radical (unpaired) electrons. The molecule has 0 spiro atoms. The summed E-state index contributed by atoms with van der Waals surface area (Å²) in [5.41, 5.74) is 2.72. The van der Waals surface area contributed by atoms with Crippen LogP contribution in [0.3, 0.4) is 0 Å². The van der Waals surface area contributed by atoms with Gasteiger partial charge in [-0.1, -0.05) is 86.6 Å². The van der Waals surface area contributed by atoms with E-state index in [4.69, 9.17) is 0 Å². The minimum atomic E-state index is 0. The largest absolute Gasteiger partial charge is 4.00 e. The minimum Gasteiger partial charge on any atom is -1.00 e. The van der Waals surface area contributed by atoms with Crippen molar-refractivity contribution in [1.82, 2.24) is 0 Å². The van der Waals surface area contributed by atoms with Crippen LogP contribution >= 0.6 is 0 Å². The fourth-order valence-corrected chi connectivity index (χ4v) is 4.26. The van der Waals surface area contributed by atoms with Gasteiger partial charge in [-0.25, -0.2) is 0 Å². The van der Waals surface area contributed by atoms with Gasteiger partial charge in [0.25, 0.3) is 0 Å². The molecular weight excluding hydrogens is 455 g/mol. The molecule has 0 aliphatic carbocycles. The summed E-state index contributed by atoms with van der Waals surface area (Å²) in [6, 6.07) is 34.7. The van der Waals surface area contributed by atoms with Crippen LogP contribution in [0.1, 0.15) is 11.1 Å². The summed E-state index contributed by atoms with van der Waals surface area (Å²) in [7, 11) is 0. The zero-order chi connectivity index (χ0) is 19.1. The van der Waals surface area contributed by atoms with Crippen LogP contribution < -0.4 is 24.8 Å². The molecule has 152 valence electrons. The molecule has 6 aromatic rings. The quantitative estimate of drug-likeness (QED) is 0.232. The van der Waals surface area contributed by atoms with E-state index in [2.05, 4.69) is 111 Å². The second kappa shape index (κ2) is 10.5. The number of hydrogen-bond donors (Lipinski definition) is 0. The van der Waals surface area contributed by atoms with E-state index in [0.717, 1.165) is 0 Å². The van der Waals surface area contributed by atoms with Crippen LogP contribution in [-0.4, -0.2) is 0 Å². The summed E-state index contributed by atoms with van der Waals surface area (Å²) in [5, 5.41) is 10.9. The molecule has 0 nitrogen and oxygen atoms in total. The van der Waals surface area contributed by atoms with Crippen molar-refractivity contribution in [3.05, 3.63) is 108 Å². The molecular formula is C28H22Cl2Ti. The molecule has 6 rings (SSSR count). The van der Waals surface area contributed by atoms with E-state index in [1.165, 1.54) is 54.2 Å². The molecule has 0 aromatic heterocycles. The average molecular weight is 477 g/mol. The Hall–Kier alpha value is -2.09. The van der Waals surface area contributed by atoms with Gasteiger partial charge in [-0.3, -0.25) is 0 Å². The fourth-order valence-electron chi connectivity index (χ4n) is 4.26. The van der Waals surface area contributed by atoms with Crippen molar-refractivity contribution in [1.29, 1.82) is 0 Å². The SMILES string of the molecule is Cc1cccc2c1[cH-]c1ccccc12.Cc1cccc2c1[cH-]c1ccccc12.[Cl-].[Cl-].[Ti+4]. The van der Waals surface area contributed by atoms with Gasteiger partial charge in [-0.2, -0.15) is 0 Å². The predicted octanol–water partition coefficient (Wildman–Crippen LogP) is 2.05. The fraction of sp³-hybridized carbons (Fsp3) is 0.0714. The Balaban J connectivity index is 0.000000201. The van der Waals surface area contributed by atoms with Gasteiger partial charge in [-0.05, 0) is 0 Å². The summed E-state index contributed by atoms with van der Waals surface area (Å²) >= 11 is 0. The average Bonchev–Trinajstić information content (AvgIpc) is 3.29. The topological polar surface area (TPSA) is 0 Å². The van der Waals surface area contributed by atoms with Gasteiger partial charge >= 0.3 is 21.7 Å². The third kappa shape index (κ3) is 4.59. The Labute approximate surface area is 210 Å². The van der Waals surface area contributed by atoms with E-state index in [1.54, 1.807) is 0 Å². The number of aryl methyl sites for hydroxylation is 2. The summed E-state index contributed by atoms with van der Waals surface area (Å²) in [4.78, 5) is 0. The predicted molar refractivity (Wildman–Crippen MR) is 124 cm³/mol. The summed E-state index contributed by atoms with van der Waals surface area (Å²) < 4.78 is 0. The Morgan fingerprint density at radius 1 is 0.452 bits per heavy atom. The molecule has 31 heavy (non-hydrogen) atoms. The molecule has 0 aliphatic heterocycles. The van der Waals surface area contributed by atoms with E-state index in [1.807, 2.05) is 0 Å². The van der Waals surface area contributed by atoms with E-state index in [0.29, 0.717) is 0 Å². The molecule has 6 aromatic carbocycles. The first-order valence-corrected chi connectivity index (χ1v) is 9.80. The normalized spacial score (nSPS) is 10.1. The van der Waals surface area contributed by atoms with Crippen LogP contribution in [0.2, 0.25) is 0 Å². The molecule has 0 unspecified atom stereocenters. The van der Waals surface area contributed by atoms with Gasteiger partial charge in [0.2, 0.25) is 0 Å². The van der Waals surface area contributed by atoms with Crippen LogP contribution in [-0.2, 0) is 21.7 Å². The third-order valence-electron chi connectivity index (χ3n) is 5.75. The standard InChI is InChI=1S/2C14H11.2ClH.Ti/c2*1-10-5-4-8-13-12-7-3-2-6-11(12)9-14(10)13;;;/h2*2-9H,1H3;2*1H;/q2*-1;;;+4/p-2. The smallest absolute Gasteiger partial charge is 1.00 e. The molecule has 3 heteroatoms. The molecule has 0 saturated carbocycles. The van der Waals surface area contributed by atoms with Gasteiger partial charge < -0.3 is 24.8 Å². The van der Waals surface area contributed by atoms with Gasteiger partial charge in [0.05, 0.1) is 0 Å². The number of rotatable bonds is 0. The number of benzene rings is 4.